The van der Waals surface area contributed by atoms with Crippen molar-refractivity contribution in [2.24, 2.45) is 5.11 Å². The number of azide groups is 1. The molecule has 0 aromatic heterocycles. The van der Waals surface area contributed by atoms with Crippen LogP contribution in [0.15, 0.2) is 35.4 Å². The van der Waals surface area contributed by atoms with Gasteiger partial charge in [0.05, 0.1) is 0 Å². The average Bonchev–Trinajstić information content (AvgIpc) is 2.19. The average molecular weight is 191 g/mol. The topological polar surface area (TPSA) is 86.1 Å². The number of hydrogen-bond donors (Lipinski definition) is 1. The zero-order valence-electron chi connectivity index (χ0n) is 7.58. The monoisotopic (exact) mass is 191 g/mol. The molecule has 0 saturated heterocycles. The van der Waals surface area contributed by atoms with Crippen molar-refractivity contribution in [3.63, 3.8) is 0 Å². The molecule has 1 aromatic carbocycles. The van der Waals surface area contributed by atoms with Gasteiger partial charge in [-0.1, -0.05) is 30.3 Å². The highest BCUT2D eigenvalue weighted by Crippen LogP contribution is 2.21. The molecule has 72 valence electrons. The van der Waals surface area contributed by atoms with Gasteiger partial charge in [-0.25, -0.2) is 0 Å². The summed E-state index contributed by atoms with van der Waals surface area (Å²) in [7, 11) is 0. The van der Waals surface area contributed by atoms with Crippen molar-refractivity contribution in [1.29, 1.82) is 0 Å². The van der Waals surface area contributed by atoms with Gasteiger partial charge in [0, 0.05) is 4.91 Å². The van der Waals surface area contributed by atoms with Crippen molar-refractivity contribution in [2.75, 3.05) is 0 Å². The Morgan fingerprint density at radius 3 is 2.57 bits per heavy atom. The zero-order valence-corrected chi connectivity index (χ0v) is 7.58. The van der Waals surface area contributed by atoms with Gasteiger partial charge in [0.15, 0.2) is 5.60 Å². The predicted molar refractivity (Wildman–Crippen MR) is 50.2 cm³/mol. The molecule has 1 unspecified atom stereocenters. The van der Waals surface area contributed by atoms with E-state index >= 15 is 0 Å². The normalized spacial score (nSPS) is 13.9. The number of amides is 1. The summed E-state index contributed by atoms with van der Waals surface area (Å²) in [5, 5.41) is 12.6. The first kappa shape index (κ1) is 10.2. The van der Waals surface area contributed by atoms with Crippen LogP contribution in [0, 0.1) is 0 Å². The lowest BCUT2D eigenvalue weighted by Crippen LogP contribution is -2.30. The van der Waals surface area contributed by atoms with Gasteiger partial charge in [-0.05, 0) is 23.1 Å². The molecule has 0 saturated carbocycles. The van der Waals surface area contributed by atoms with Gasteiger partial charge < -0.3 is 5.11 Å². The summed E-state index contributed by atoms with van der Waals surface area (Å²) in [5.41, 5.74) is 6.72. The van der Waals surface area contributed by atoms with Crippen molar-refractivity contribution < 1.29 is 9.90 Å². The Morgan fingerprint density at radius 1 is 1.50 bits per heavy atom. The second-order valence-electron chi connectivity index (χ2n) is 2.93. The van der Waals surface area contributed by atoms with Gasteiger partial charge in [-0.15, -0.1) is 0 Å². The number of hydrogen-bond acceptors (Lipinski definition) is 2. The molecule has 0 bridgehead atoms. The van der Waals surface area contributed by atoms with Crippen molar-refractivity contribution >= 4 is 5.91 Å². The minimum Gasteiger partial charge on any atom is -0.377 e. The molecule has 1 atom stereocenters. The highest BCUT2D eigenvalue weighted by molar-refractivity contribution is 5.86. The fraction of sp³-hybridized carbons (Fsp3) is 0.222. The van der Waals surface area contributed by atoms with Crippen LogP contribution in [0.2, 0.25) is 0 Å². The van der Waals surface area contributed by atoms with Crippen LogP contribution in [-0.2, 0) is 10.4 Å². The highest BCUT2D eigenvalue weighted by Gasteiger charge is 2.30. The number of benzene rings is 1. The first-order valence-electron chi connectivity index (χ1n) is 3.96. The second kappa shape index (κ2) is 3.91. The maximum absolute atomic E-state index is 11.2. The van der Waals surface area contributed by atoms with E-state index in [0.717, 1.165) is 0 Å². The Bertz CT molecular complexity index is 380. The summed E-state index contributed by atoms with van der Waals surface area (Å²) < 4.78 is 0. The number of carbonyl (C=O) groups is 1. The van der Waals surface area contributed by atoms with Crippen molar-refractivity contribution in [2.45, 2.75) is 12.5 Å². The fourth-order valence-electron chi connectivity index (χ4n) is 1.02. The Morgan fingerprint density at radius 2 is 2.07 bits per heavy atom. The molecule has 0 fully saturated rings. The van der Waals surface area contributed by atoms with E-state index < -0.39 is 11.5 Å². The molecule has 0 radical (unpaired) electrons. The molecular weight excluding hydrogens is 182 g/mol. The van der Waals surface area contributed by atoms with Gasteiger partial charge in [-0.3, -0.25) is 4.79 Å². The summed E-state index contributed by atoms with van der Waals surface area (Å²) in [5.74, 6) is -0.911. The number of rotatable bonds is 2. The number of aliphatic hydroxyl groups is 1. The molecule has 0 aliphatic heterocycles. The molecule has 1 aromatic rings. The van der Waals surface area contributed by atoms with E-state index in [0.29, 0.717) is 5.56 Å². The van der Waals surface area contributed by atoms with Crippen LogP contribution in [0.3, 0.4) is 0 Å². The molecule has 0 aliphatic rings. The first-order chi connectivity index (χ1) is 6.59. The number of nitrogens with zero attached hydrogens (tertiary/aromatic N) is 3. The maximum atomic E-state index is 11.2. The van der Waals surface area contributed by atoms with Gasteiger partial charge >= 0.3 is 0 Å². The predicted octanol–water partition coefficient (Wildman–Crippen LogP) is 1.73. The largest absolute Gasteiger partial charge is 0.377 e. The third-order valence-electron chi connectivity index (χ3n) is 1.89. The molecule has 0 aliphatic carbocycles. The van der Waals surface area contributed by atoms with E-state index in [1.807, 2.05) is 0 Å². The minimum absolute atomic E-state index is 0.400. The number of carbonyl (C=O) groups excluding carboxylic acids is 1. The van der Waals surface area contributed by atoms with E-state index in [4.69, 9.17) is 5.53 Å². The highest BCUT2D eigenvalue weighted by atomic mass is 16.3. The van der Waals surface area contributed by atoms with Gasteiger partial charge in [0.2, 0.25) is 0 Å². The van der Waals surface area contributed by atoms with E-state index in [-0.39, 0.29) is 0 Å². The Hall–Kier alpha value is -1.84. The molecule has 0 heterocycles. The lowest BCUT2D eigenvalue weighted by molar-refractivity contribution is -0.135. The molecule has 1 rings (SSSR count). The molecule has 5 heteroatoms. The Labute approximate surface area is 80.6 Å². The lowest BCUT2D eigenvalue weighted by Gasteiger charge is -2.19. The molecule has 0 spiro atoms. The SMILES string of the molecule is CC(O)(C(=O)N=[N+]=[N-])c1ccccc1. The van der Waals surface area contributed by atoms with Crippen molar-refractivity contribution in [1.82, 2.24) is 0 Å². The van der Waals surface area contributed by atoms with E-state index in [1.165, 1.54) is 6.92 Å². The molecule has 5 nitrogen and oxygen atoms in total. The smallest absolute Gasteiger partial charge is 0.254 e. The molecule has 14 heavy (non-hydrogen) atoms. The molecule has 1 N–H and O–H groups in total. The van der Waals surface area contributed by atoms with Crippen LogP contribution in [-0.4, -0.2) is 11.0 Å². The summed E-state index contributed by atoms with van der Waals surface area (Å²) in [6, 6.07) is 8.31. The maximum Gasteiger partial charge on any atom is 0.254 e. The van der Waals surface area contributed by atoms with Crippen LogP contribution in [0.5, 0.6) is 0 Å². The minimum atomic E-state index is -1.76. The van der Waals surface area contributed by atoms with E-state index in [1.54, 1.807) is 30.3 Å². The van der Waals surface area contributed by atoms with Gasteiger partial charge in [-0.2, -0.15) is 0 Å². The summed E-state index contributed by atoms with van der Waals surface area (Å²) in [6.45, 7) is 1.29. The summed E-state index contributed by atoms with van der Waals surface area (Å²) >= 11 is 0. The fourth-order valence-corrected chi connectivity index (χ4v) is 1.02. The Kier molecular flexibility index (Phi) is 2.86. The van der Waals surface area contributed by atoms with Crippen molar-refractivity contribution in [3.8, 4) is 0 Å². The van der Waals surface area contributed by atoms with Crippen LogP contribution in [0.1, 0.15) is 12.5 Å². The van der Waals surface area contributed by atoms with Gasteiger partial charge in [0.25, 0.3) is 5.91 Å². The van der Waals surface area contributed by atoms with E-state index in [2.05, 4.69) is 10.0 Å². The Balaban J connectivity index is 3.08. The third-order valence-corrected chi connectivity index (χ3v) is 1.89. The summed E-state index contributed by atoms with van der Waals surface area (Å²) in [4.78, 5) is 13.5. The zero-order chi connectivity index (χ0) is 10.6. The van der Waals surface area contributed by atoms with Crippen LogP contribution in [0.4, 0.5) is 0 Å². The van der Waals surface area contributed by atoms with Crippen LogP contribution >= 0.6 is 0 Å². The standard InChI is InChI=1S/C9H9N3O2/c1-9(14,8(13)11-12-10)7-5-3-2-4-6-7/h2-6,14H,1H3. The lowest BCUT2D eigenvalue weighted by atomic mass is 9.96. The van der Waals surface area contributed by atoms with Gasteiger partial charge in [0.1, 0.15) is 0 Å². The third kappa shape index (κ3) is 1.90. The van der Waals surface area contributed by atoms with Crippen LogP contribution < -0.4 is 0 Å². The summed E-state index contributed by atoms with van der Waals surface area (Å²) in [6.07, 6.45) is 0. The first-order valence-corrected chi connectivity index (χ1v) is 3.96. The second-order valence-corrected chi connectivity index (χ2v) is 2.93. The van der Waals surface area contributed by atoms with Crippen molar-refractivity contribution in [3.05, 3.63) is 46.3 Å². The molecule has 1 amide bonds. The van der Waals surface area contributed by atoms with Crippen LogP contribution in [0.25, 0.3) is 10.4 Å². The molecular formula is C9H9N3O2. The van der Waals surface area contributed by atoms with E-state index in [9.17, 15) is 9.90 Å². The quantitative estimate of drug-likeness (QED) is 0.438.